The lowest BCUT2D eigenvalue weighted by molar-refractivity contribution is 0.211. The Bertz CT molecular complexity index is 714. The highest BCUT2D eigenvalue weighted by Gasteiger charge is 2.25. The van der Waals surface area contributed by atoms with Crippen LogP contribution in [0.1, 0.15) is 26.3 Å². The van der Waals surface area contributed by atoms with Gasteiger partial charge in [0.2, 0.25) is 5.28 Å². The van der Waals surface area contributed by atoms with Gasteiger partial charge in [-0.3, -0.25) is 4.90 Å². The van der Waals surface area contributed by atoms with Crippen LogP contribution in [0.5, 0.6) is 0 Å². The molecule has 1 aliphatic heterocycles. The number of aromatic nitrogens is 2. The summed E-state index contributed by atoms with van der Waals surface area (Å²) in [7, 11) is 0. The molecule has 0 N–H and O–H groups in total. The predicted octanol–water partition coefficient (Wildman–Crippen LogP) is 4.51. The Morgan fingerprint density at radius 3 is 2.86 bits per heavy atom. The summed E-state index contributed by atoms with van der Waals surface area (Å²) in [5.41, 5.74) is 4.46. The summed E-state index contributed by atoms with van der Waals surface area (Å²) in [6.45, 7) is 9.05. The average Bonchev–Trinajstić information content (AvgIpc) is 2.64. The molecule has 1 aromatic carbocycles. The van der Waals surface area contributed by atoms with Gasteiger partial charge in [-0.2, -0.15) is 0 Å². The SMILES string of the molecule is CC(C)=CCN1Cc2c(Cl)ccc3nc(Cl)n(c23)C[C@@H]1C. The molecule has 2 heterocycles. The molecule has 0 saturated heterocycles. The molecule has 0 unspecified atom stereocenters. The van der Waals surface area contributed by atoms with Crippen molar-refractivity contribution in [2.45, 2.75) is 39.9 Å². The zero-order chi connectivity index (χ0) is 15.1. The highest BCUT2D eigenvalue weighted by molar-refractivity contribution is 6.32. The van der Waals surface area contributed by atoms with Gasteiger partial charge < -0.3 is 4.57 Å². The van der Waals surface area contributed by atoms with Crippen LogP contribution in [0.2, 0.25) is 10.3 Å². The van der Waals surface area contributed by atoms with Crippen LogP contribution in [-0.2, 0) is 13.1 Å². The second kappa shape index (κ2) is 5.64. The van der Waals surface area contributed by atoms with E-state index in [0.717, 1.165) is 41.3 Å². The molecule has 0 bridgehead atoms. The fourth-order valence-electron chi connectivity index (χ4n) is 2.84. The number of benzene rings is 1. The zero-order valence-corrected chi connectivity index (χ0v) is 14.0. The lowest BCUT2D eigenvalue weighted by Gasteiger charge is -2.26. The Balaban J connectivity index is 2.09. The van der Waals surface area contributed by atoms with Crippen molar-refractivity contribution in [1.29, 1.82) is 0 Å². The molecule has 21 heavy (non-hydrogen) atoms. The molecule has 3 nitrogen and oxygen atoms in total. The monoisotopic (exact) mass is 323 g/mol. The minimum atomic E-state index is 0.374. The Morgan fingerprint density at radius 1 is 1.38 bits per heavy atom. The fourth-order valence-corrected chi connectivity index (χ4v) is 3.30. The second-order valence-corrected chi connectivity index (χ2v) is 6.69. The molecule has 1 aliphatic rings. The van der Waals surface area contributed by atoms with Gasteiger partial charge in [0.25, 0.3) is 0 Å². The third-order valence-electron chi connectivity index (χ3n) is 4.08. The third-order valence-corrected chi connectivity index (χ3v) is 4.72. The van der Waals surface area contributed by atoms with Gasteiger partial charge in [0.15, 0.2) is 0 Å². The van der Waals surface area contributed by atoms with Gasteiger partial charge >= 0.3 is 0 Å². The maximum Gasteiger partial charge on any atom is 0.203 e. The highest BCUT2D eigenvalue weighted by Crippen LogP contribution is 2.33. The fraction of sp³-hybridized carbons (Fsp3) is 0.438. The number of nitrogens with zero attached hydrogens (tertiary/aromatic N) is 3. The van der Waals surface area contributed by atoms with Gasteiger partial charge in [-0.15, -0.1) is 0 Å². The summed E-state index contributed by atoms with van der Waals surface area (Å²) in [5, 5.41) is 1.33. The van der Waals surface area contributed by atoms with Crippen LogP contribution in [0.15, 0.2) is 23.8 Å². The average molecular weight is 324 g/mol. The molecular weight excluding hydrogens is 305 g/mol. The van der Waals surface area contributed by atoms with Crippen molar-refractivity contribution in [3.63, 3.8) is 0 Å². The van der Waals surface area contributed by atoms with Gasteiger partial charge in [-0.25, -0.2) is 4.98 Å². The third kappa shape index (κ3) is 2.70. The summed E-state index contributed by atoms with van der Waals surface area (Å²) >= 11 is 12.8. The summed E-state index contributed by atoms with van der Waals surface area (Å²) < 4.78 is 2.09. The van der Waals surface area contributed by atoms with E-state index in [0.29, 0.717) is 11.3 Å². The quantitative estimate of drug-likeness (QED) is 0.758. The zero-order valence-electron chi connectivity index (χ0n) is 12.5. The van der Waals surface area contributed by atoms with Crippen LogP contribution < -0.4 is 0 Å². The molecule has 3 rings (SSSR count). The van der Waals surface area contributed by atoms with Crippen molar-refractivity contribution in [3.8, 4) is 0 Å². The topological polar surface area (TPSA) is 21.1 Å². The molecule has 2 aromatic rings. The van der Waals surface area contributed by atoms with Crippen molar-refractivity contribution in [2.24, 2.45) is 0 Å². The first kappa shape index (κ1) is 14.9. The van der Waals surface area contributed by atoms with Crippen LogP contribution in [0.25, 0.3) is 11.0 Å². The summed E-state index contributed by atoms with van der Waals surface area (Å²) in [6, 6.07) is 4.24. The molecule has 0 saturated carbocycles. The lowest BCUT2D eigenvalue weighted by atomic mass is 10.1. The first-order chi connectivity index (χ1) is 9.97. The van der Waals surface area contributed by atoms with E-state index in [-0.39, 0.29) is 0 Å². The number of halogens is 2. The number of hydrogen-bond donors (Lipinski definition) is 0. The predicted molar refractivity (Wildman–Crippen MR) is 89.1 cm³/mol. The number of imidazole rings is 1. The van der Waals surface area contributed by atoms with Crippen molar-refractivity contribution >= 4 is 34.2 Å². The first-order valence-electron chi connectivity index (χ1n) is 7.18. The normalized spacial score (nSPS) is 18.8. The van der Waals surface area contributed by atoms with E-state index >= 15 is 0 Å². The van der Waals surface area contributed by atoms with Crippen molar-refractivity contribution in [1.82, 2.24) is 14.5 Å². The molecule has 0 radical (unpaired) electrons. The van der Waals surface area contributed by atoms with Crippen LogP contribution >= 0.6 is 23.2 Å². The van der Waals surface area contributed by atoms with E-state index in [4.69, 9.17) is 23.2 Å². The van der Waals surface area contributed by atoms with Crippen LogP contribution in [0.4, 0.5) is 0 Å². The molecule has 0 fully saturated rings. The smallest absolute Gasteiger partial charge is 0.203 e. The van der Waals surface area contributed by atoms with Crippen molar-refractivity contribution in [2.75, 3.05) is 6.54 Å². The van der Waals surface area contributed by atoms with E-state index in [2.05, 4.69) is 41.3 Å². The minimum Gasteiger partial charge on any atom is -0.313 e. The standard InChI is InChI=1S/C16H19Cl2N3/c1-10(2)6-7-20-9-12-13(17)4-5-14-15(12)21(8-11(20)3)16(18)19-14/h4-6,11H,7-9H2,1-3H3/t11-/m0/s1. The number of allylic oxidation sites excluding steroid dienone is 1. The first-order valence-corrected chi connectivity index (χ1v) is 7.93. The molecule has 5 heteroatoms. The van der Waals surface area contributed by atoms with Gasteiger partial charge in [0, 0.05) is 36.3 Å². The molecule has 1 atom stereocenters. The van der Waals surface area contributed by atoms with Gasteiger partial charge in [0.05, 0.1) is 11.0 Å². The Kier molecular flexibility index (Phi) is 4.00. The summed E-state index contributed by atoms with van der Waals surface area (Å²) in [4.78, 5) is 6.87. The van der Waals surface area contributed by atoms with Crippen LogP contribution in [-0.4, -0.2) is 27.0 Å². The summed E-state index contributed by atoms with van der Waals surface area (Å²) in [6.07, 6.45) is 2.26. The van der Waals surface area contributed by atoms with Gasteiger partial charge in [0.1, 0.15) is 0 Å². The van der Waals surface area contributed by atoms with E-state index in [1.807, 2.05) is 12.1 Å². The van der Waals surface area contributed by atoms with E-state index in [1.165, 1.54) is 5.57 Å². The maximum atomic E-state index is 6.44. The van der Waals surface area contributed by atoms with Gasteiger partial charge in [-0.05, 0) is 44.5 Å². The van der Waals surface area contributed by atoms with E-state index < -0.39 is 0 Å². The molecule has 0 aliphatic carbocycles. The molecule has 0 spiro atoms. The largest absolute Gasteiger partial charge is 0.313 e. The lowest BCUT2D eigenvalue weighted by Crippen LogP contribution is -2.34. The Hall–Kier alpha value is -1.03. The minimum absolute atomic E-state index is 0.374. The molecule has 1 aromatic heterocycles. The van der Waals surface area contributed by atoms with Crippen LogP contribution in [0, 0.1) is 0 Å². The number of hydrogen-bond acceptors (Lipinski definition) is 2. The van der Waals surface area contributed by atoms with Crippen molar-refractivity contribution < 1.29 is 0 Å². The molecule has 0 amide bonds. The van der Waals surface area contributed by atoms with Crippen molar-refractivity contribution in [3.05, 3.63) is 39.7 Å². The molecular formula is C16H19Cl2N3. The van der Waals surface area contributed by atoms with E-state index in [1.54, 1.807) is 0 Å². The van der Waals surface area contributed by atoms with E-state index in [9.17, 15) is 0 Å². The molecule has 112 valence electrons. The Labute approximate surface area is 135 Å². The second-order valence-electron chi connectivity index (χ2n) is 5.95. The summed E-state index contributed by atoms with van der Waals surface area (Å²) in [5.74, 6) is 0. The maximum absolute atomic E-state index is 6.44. The van der Waals surface area contributed by atoms with Gasteiger partial charge in [-0.1, -0.05) is 23.3 Å². The Morgan fingerprint density at radius 2 is 2.14 bits per heavy atom. The number of rotatable bonds is 2. The van der Waals surface area contributed by atoms with Crippen LogP contribution in [0.3, 0.4) is 0 Å². The highest BCUT2D eigenvalue weighted by atomic mass is 35.5.